The summed E-state index contributed by atoms with van der Waals surface area (Å²) in [4.78, 5) is 11.4. The van der Waals surface area contributed by atoms with Crippen LogP contribution in [0.25, 0.3) is 0 Å². The highest BCUT2D eigenvalue weighted by atomic mass is 16.2. The molecule has 0 aliphatic rings. The molecular formula is C11H16N2O. The molecule has 3 nitrogen and oxygen atoms in total. The summed E-state index contributed by atoms with van der Waals surface area (Å²) >= 11 is 0. The van der Waals surface area contributed by atoms with Gasteiger partial charge < -0.3 is 0 Å². The van der Waals surface area contributed by atoms with Crippen LogP contribution in [0.5, 0.6) is 0 Å². The molecule has 0 aliphatic heterocycles. The summed E-state index contributed by atoms with van der Waals surface area (Å²) in [6.45, 7) is 2.03. The van der Waals surface area contributed by atoms with Crippen molar-refractivity contribution in [2.24, 2.45) is 0 Å². The lowest BCUT2D eigenvalue weighted by Crippen LogP contribution is -2.37. The van der Waals surface area contributed by atoms with Crippen molar-refractivity contribution >= 4 is 5.91 Å². The molecule has 0 saturated carbocycles. The molecule has 0 fully saturated rings. The van der Waals surface area contributed by atoms with Crippen LogP contribution in [0.4, 0.5) is 0 Å². The van der Waals surface area contributed by atoms with E-state index in [9.17, 15) is 4.79 Å². The molecule has 0 saturated heterocycles. The molecule has 0 bridgehead atoms. The summed E-state index contributed by atoms with van der Waals surface area (Å²) in [6, 6.07) is 7.98. The average Bonchev–Trinajstić information content (AvgIpc) is 2.07. The Bertz CT molecular complexity index is 304. The van der Waals surface area contributed by atoms with Gasteiger partial charge in [-0.25, -0.2) is 5.01 Å². The van der Waals surface area contributed by atoms with E-state index < -0.39 is 0 Å². The van der Waals surface area contributed by atoms with Crippen molar-refractivity contribution in [3.8, 4) is 0 Å². The molecule has 0 unspecified atom stereocenters. The Hall–Kier alpha value is -1.35. The Morgan fingerprint density at radius 3 is 2.36 bits per heavy atom. The van der Waals surface area contributed by atoms with Crippen molar-refractivity contribution in [2.75, 3.05) is 14.1 Å². The maximum Gasteiger partial charge on any atom is 0.238 e. The molecule has 1 amide bonds. The Labute approximate surface area is 84.7 Å². The standard InChI is InChI=1S/C11H16N2O/c1-9-4-6-10(7-5-9)8-11(14)12-13(2)3/h4-7H,8H2,1-3H3,(H,12,14). The summed E-state index contributed by atoms with van der Waals surface area (Å²) in [5.41, 5.74) is 4.95. The van der Waals surface area contributed by atoms with Gasteiger partial charge in [0.25, 0.3) is 0 Å². The van der Waals surface area contributed by atoms with Crippen molar-refractivity contribution in [3.63, 3.8) is 0 Å². The first-order valence-electron chi connectivity index (χ1n) is 4.60. The third-order valence-corrected chi connectivity index (χ3v) is 1.83. The number of hydrazine groups is 1. The van der Waals surface area contributed by atoms with E-state index in [1.807, 2.05) is 31.2 Å². The molecule has 1 aromatic rings. The molecule has 0 spiro atoms. The van der Waals surface area contributed by atoms with Crippen LogP contribution in [0.1, 0.15) is 11.1 Å². The summed E-state index contributed by atoms with van der Waals surface area (Å²) in [7, 11) is 3.60. The van der Waals surface area contributed by atoms with E-state index in [-0.39, 0.29) is 5.91 Å². The highest BCUT2D eigenvalue weighted by Gasteiger charge is 2.02. The Balaban J connectivity index is 2.52. The van der Waals surface area contributed by atoms with Crippen LogP contribution >= 0.6 is 0 Å². The van der Waals surface area contributed by atoms with Gasteiger partial charge in [-0.05, 0) is 12.5 Å². The van der Waals surface area contributed by atoms with Gasteiger partial charge in [0.1, 0.15) is 0 Å². The van der Waals surface area contributed by atoms with Gasteiger partial charge in [-0.2, -0.15) is 0 Å². The zero-order valence-corrected chi connectivity index (χ0v) is 8.87. The lowest BCUT2D eigenvalue weighted by molar-refractivity contribution is -0.124. The monoisotopic (exact) mass is 192 g/mol. The summed E-state index contributed by atoms with van der Waals surface area (Å²) < 4.78 is 0. The normalized spacial score (nSPS) is 10.3. The maximum atomic E-state index is 11.4. The Kier molecular flexibility index (Phi) is 3.65. The third-order valence-electron chi connectivity index (χ3n) is 1.83. The fourth-order valence-corrected chi connectivity index (χ4v) is 1.18. The molecule has 1 aromatic carbocycles. The number of carbonyl (C=O) groups is 1. The zero-order chi connectivity index (χ0) is 10.6. The Morgan fingerprint density at radius 2 is 1.86 bits per heavy atom. The second-order valence-corrected chi connectivity index (χ2v) is 3.59. The minimum Gasteiger partial charge on any atom is -0.289 e. The number of hydrogen-bond acceptors (Lipinski definition) is 2. The minimum absolute atomic E-state index is 0.0128. The second-order valence-electron chi connectivity index (χ2n) is 3.59. The minimum atomic E-state index is 0.0128. The van der Waals surface area contributed by atoms with Gasteiger partial charge >= 0.3 is 0 Å². The van der Waals surface area contributed by atoms with Crippen molar-refractivity contribution < 1.29 is 4.79 Å². The van der Waals surface area contributed by atoms with E-state index in [2.05, 4.69) is 5.43 Å². The van der Waals surface area contributed by atoms with Crippen molar-refractivity contribution in [2.45, 2.75) is 13.3 Å². The summed E-state index contributed by atoms with van der Waals surface area (Å²) in [6.07, 6.45) is 0.429. The van der Waals surface area contributed by atoms with Gasteiger partial charge in [0.2, 0.25) is 5.91 Å². The first kappa shape index (κ1) is 10.7. The molecule has 0 atom stereocenters. The first-order chi connectivity index (χ1) is 6.58. The van der Waals surface area contributed by atoms with Crippen molar-refractivity contribution in [1.82, 2.24) is 10.4 Å². The van der Waals surface area contributed by atoms with Gasteiger partial charge in [0.15, 0.2) is 0 Å². The molecule has 0 radical (unpaired) electrons. The van der Waals surface area contributed by atoms with Crippen LogP contribution in [0.2, 0.25) is 0 Å². The first-order valence-corrected chi connectivity index (χ1v) is 4.60. The van der Waals surface area contributed by atoms with Crippen LogP contribution in [0.15, 0.2) is 24.3 Å². The summed E-state index contributed by atoms with van der Waals surface area (Å²) in [5.74, 6) is 0.0128. The molecule has 1 rings (SSSR count). The molecular weight excluding hydrogens is 176 g/mol. The summed E-state index contributed by atoms with van der Waals surface area (Å²) in [5, 5.41) is 1.65. The van der Waals surface area contributed by atoms with E-state index >= 15 is 0 Å². The maximum absolute atomic E-state index is 11.4. The smallest absolute Gasteiger partial charge is 0.238 e. The number of carbonyl (C=O) groups excluding carboxylic acids is 1. The number of rotatable bonds is 3. The van der Waals surface area contributed by atoms with E-state index in [0.717, 1.165) is 5.56 Å². The number of aryl methyl sites for hydroxylation is 1. The quantitative estimate of drug-likeness (QED) is 0.728. The largest absolute Gasteiger partial charge is 0.289 e. The molecule has 14 heavy (non-hydrogen) atoms. The van der Waals surface area contributed by atoms with Crippen molar-refractivity contribution in [1.29, 1.82) is 0 Å². The number of nitrogens with zero attached hydrogens (tertiary/aromatic N) is 1. The van der Waals surface area contributed by atoms with Crippen molar-refractivity contribution in [3.05, 3.63) is 35.4 Å². The molecule has 3 heteroatoms. The SMILES string of the molecule is Cc1ccc(CC(=O)NN(C)C)cc1. The number of benzene rings is 1. The molecule has 1 N–H and O–H groups in total. The third kappa shape index (κ3) is 3.58. The number of amides is 1. The number of nitrogens with one attached hydrogen (secondary N) is 1. The van der Waals surface area contributed by atoms with Crippen LogP contribution in [-0.2, 0) is 11.2 Å². The zero-order valence-electron chi connectivity index (χ0n) is 8.87. The van der Waals surface area contributed by atoms with Gasteiger partial charge in [0, 0.05) is 14.1 Å². The van der Waals surface area contributed by atoms with E-state index in [1.165, 1.54) is 5.56 Å². The second kappa shape index (κ2) is 4.77. The predicted molar refractivity (Wildman–Crippen MR) is 56.7 cm³/mol. The number of hydrogen-bond donors (Lipinski definition) is 1. The van der Waals surface area contributed by atoms with Crippen LogP contribution < -0.4 is 5.43 Å². The molecule has 76 valence electrons. The van der Waals surface area contributed by atoms with Gasteiger partial charge in [-0.15, -0.1) is 0 Å². The predicted octanol–water partition coefficient (Wildman–Crippen LogP) is 1.13. The molecule has 0 aliphatic carbocycles. The van der Waals surface area contributed by atoms with Crippen LogP contribution in [0, 0.1) is 6.92 Å². The van der Waals surface area contributed by atoms with Gasteiger partial charge in [0.05, 0.1) is 6.42 Å². The lowest BCUT2D eigenvalue weighted by atomic mass is 10.1. The Morgan fingerprint density at radius 1 is 1.29 bits per heavy atom. The fraction of sp³-hybridized carbons (Fsp3) is 0.364. The lowest BCUT2D eigenvalue weighted by Gasteiger charge is -2.11. The highest BCUT2D eigenvalue weighted by molar-refractivity contribution is 5.77. The fourth-order valence-electron chi connectivity index (χ4n) is 1.18. The van der Waals surface area contributed by atoms with Crippen LogP contribution in [-0.4, -0.2) is 25.0 Å². The molecule has 0 heterocycles. The topological polar surface area (TPSA) is 32.3 Å². The molecule has 0 aromatic heterocycles. The van der Waals surface area contributed by atoms with E-state index in [1.54, 1.807) is 19.1 Å². The highest BCUT2D eigenvalue weighted by Crippen LogP contribution is 2.03. The van der Waals surface area contributed by atoms with E-state index in [0.29, 0.717) is 6.42 Å². The van der Waals surface area contributed by atoms with Gasteiger partial charge in [-0.1, -0.05) is 29.8 Å². The van der Waals surface area contributed by atoms with Gasteiger partial charge in [-0.3, -0.25) is 10.2 Å². The van der Waals surface area contributed by atoms with E-state index in [4.69, 9.17) is 0 Å². The van der Waals surface area contributed by atoms with Crippen LogP contribution in [0.3, 0.4) is 0 Å². The average molecular weight is 192 g/mol.